The molecule has 0 unspecified atom stereocenters. The first-order chi connectivity index (χ1) is 8.75. The van der Waals surface area contributed by atoms with Crippen molar-refractivity contribution in [3.63, 3.8) is 0 Å². The largest absolute Gasteiger partial charge is 0.492 e. The molecule has 2 rings (SSSR count). The molecule has 0 atom stereocenters. The van der Waals surface area contributed by atoms with E-state index in [4.69, 9.17) is 16.3 Å². The second-order valence-corrected chi connectivity index (χ2v) is 5.18. The summed E-state index contributed by atoms with van der Waals surface area (Å²) >= 11 is 6.03. The van der Waals surface area contributed by atoms with E-state index in [-0.39, 0.29) is 0 Å². The van der Waals surface area contributed by atoms with E-state index in [0.29, 0.717) is 5.02 Å². The van der Waals surface area contributed by atoms with Crippen molar-refractivity contribution < 1.29 is 4.74 Å². The van der Waals surface area contributed by atoms with Crippen molar-refractivity contribution in [3.05, 3.63) is 29.3 Å². The molecule has 0 bridgehead atoms. The Morgan fingerprint density at radius 1 is 1.17 bits per heavy atom. The van der Waals surface area contributed by atoms with E-state index in [1.54, 1.807) is 0 Å². The minimum atomic E-state index is 0.692. The topological polar surface area (TPSA) is 15.7 Å². The van der Waals surface area contributed by atoms with Gasteiger partial charge in [-0.3, -0.25) is 0 Å². The van der Waals surface area contributed by atoms with Gasteiger partial charge in [-0.05, 0) is 25.6 Å². The molecule has 0 N–H and O–H groups in total. The van der Waals surface area contributed by atoms with Gasteiger partial charge in [-0.15, -0.1) is 0 Å². The summed E-state index contributed by atoms with van der Waals surface area (Å²) in [6.45, 7) is 6.52. The molecule has 1 saturated heterocycles. The van der Waals surface area contributed by atoms with Gasteiger partial charge in [0.2, 0.25) is 0 Å². The standard InChI is InChI=1S/C14H21ClN2O/c1-16-8-10-17(11-9-16)7-4-12-18-14-6-3-2-5-13(14)15/h2-3,5-6H,4,7-12H2,1H3. The maximum Gasteiger partial charge on any atom is 0.137 e. The van der Waals surface area contributed by atoms with Crippen LogP contribution < -0.4 is 4.74 Å². The van der Waals surface area contributed by atoms with Crippen LogP contribution >= 0.6 is 11.6 Å². The maximum absolute atomic E-state index is 6.03. The fourth-order valence-corrected chi connectivity index (χ4v) is 2.29. The third kappa shape index (κ3) is 4.16. The number of nitrogens with zero attached hydrogens (tertiary/aromatic N) is 2. The van der Waals surface area contributed by atoms with Crippen LogP contribution in [-0.2, 0) is 0 Å². The highest BCUT2D eigenvalue weighted by atomic mass is 35.5. The molecule has 3 nitrogen and oxygen atoms in total. The maximum atomic E-state index is 6.03. The second-order valence-electron chi connectivity index (χ2n) is 4.78. The number of piperazine rings is 1. The zero-order valence-corrected chi connectivity index (χ0v) is 11.7. The van der Waals surface area contributed by atoms with Gasteiger partial charge in [-0.2, -0.15) is 0 Å². The van der Waals surface area contributed by atoms with Crippen molar-refractivity contribution in [2.45, 2.75) is 6.42 Å². The number of para-hydroxylation sites is 1. The molecule has 1 heterocycles. The first-order valence-corrected chi connectivity index (χ1v) is 6.92. The highest BCUT2D eigenvalue weighted by Gasteiger charge is 2.12. The molecule has 4 heteroatoms. The fourth-order valence-electron chi connectivity index (χ4n) is 2.10. The van der Waals surface area contributed by atoms with Gasteiger partial charge in [0.15, 0.2) is 0 Å². The molecular formula is C14H21ClN2O. The third-order valence-electron chi connectivity index (χ3n) is 3.31. The summed E-state index contributed by atoms with van der Waals surface area (Å²) < 4.78 is 5.68. The van der Waals surface area contributed by atoms with Crippen LogP contribution in [0.25, 0.3) is 0 Å². The summed E-state index contributed by atoms with van der Waals surface area (Å²) in [6, 6.07) is 7.64. The van der Waals surface area contributed by atoms with E-state index >= 15 is 0 Å². The molecule has 1 aliphatic heterocycles. The quantitative estimate of drug-likeness (QED) is 0.763. The fraction of sp³-hybridized carbons (Fsp3) is 0.571. The summed E-state index contributed by atoms with van der Waals surface area (Å²) in [5, 5.41) is 0.692. The van der Waals surface area contributed by atoms with Crippen molar-refractivity contribution in [2.75, 3.05) is 46.4 Å². The summed E-state index contributed by atoms with van der Waals surface area (Å²) in [7, 11) is 2.18. The molecule has 0 aromatic heterocycles. The molecular weight excluding hydrogens is 248 g/mol. The molecule has 0 aliphatic carbocycles. The summed E-state index contributed by atoms with van der Waals surface area (Å²) in [5.41, 5.74) is 0. The van der Waals surface area contributed by atoms with Gasteiger partial charge in [-0.25, -0.2) is 0 Å². The average Bonchev–Trinajstić information content (AvgIpc) is 2.39. The molecule has 0 radical (unpaired) electrons. The lowest BCUT2D eigenvalue weighted by molar-refractivity contribution is 0.145. The van der Waals surface area contributed by atoms with Crippen LogP contribution in [0.1, 0.15) is 6.42 Å². The highest BCUT2D eigenvalue weighted by molar-refractivity contribution is 6.32. The number of benzene rings is 1. The van der Waals surface area contributed by atoms with Crippen LogP contribution in [0.5, 0.6) is 5.75 Å². The van der Waals surface area contributed by atoms with E-state index in [1.807, 2.05) is 24.3 Å². The smallest absolute Gasteiger partial charge is 0.137 e. The van der Waals surface area contributed by atoms with Crippen LogP contribution in [0, 0.1) is 0 Å². The van der Waals surface area contributed by atoms with Crippen molar-refractivity contribution in [1.82, 2.24) is 9.80 Å². The zero-order chi connectivity index (χ0) is 12.8. The number of hydrogen-bond acceptors (Lipinski definition) is 3. The zero-order valence-electron chi connectivity index (χ0n) is 10.9. The monoisotopic (exact) mass is 268 g/mol. The van der Waals surface area contributed by atoms with Crippen molar-refractivity contribution in [3.8, 4) is 5.75 Å². The first-order valence-electron chi connectivity index (χ1n) is 6.54. The van der Waals surface area contributed by atoms with Crippen LogP contribution in [-0.4, -0.2) is 56.2 Å². The Labute approximate surface area is 114 Å². The van der Waals surface area contributed by atoms with Crippen LogP contribution in [0.2, 0.25) is 5.02 Å². The molecule has 100 valence electrons. The molecule has 1 aromatic carbocycles. The van der Waals surface area contributed by atoms with Gasteiger partial charge >= 0.3 is 0 Å². The Balaban J connectivity index is 1.63. The van der Waals surface area contributed by atoms with Crippen molar-refractivity contribution >= 4 is 11.6 Å². The summed E-state index contributed by atoms with van der Waals surface area (Å²) in [4.78, 5) is 4.87. The van der Waals surface area contributed by atoms with Crippen LogP contribution in [0.4, 0.5) is 0 Å². The van der Waals surface area contributed by atoms with Gasteiger partial charge in [-0.1, -0.05) is 23.7 Å². The Kier molecular flexibility index (Phi) is 5.29. The highest BCUT2D eigenvalue weighted by Crippen LogP contribution is 2.23. The lowest BCUT2D eigenvalue weighted by Crippen LogP contribution is -2.44. The van der Waals surface area contributed by atoms with E-state index in [2.05, 4.69) is 16.8 Å². The summed E-state index contributed by atoms with van der Waals surface area (Å²) in [6.07, 6.45) is 1.05. The average molecular weight is 269 g/mol. The third-order valence-corrected chi connectivity index (χ3v) is 3.62. The number of rotatable bonds is 5. The number of ether oxygens (including phenoxy) is 1. The lowest BCUT2D eigenvalue weighted by atomic mass is 10.3. The predicted octanol–water partition coefficient (Wildman–Crippen LogP) is 2.36. The van der Waals surface area contributed by atoms with Crippen LogP contribution in [0.15, 0.2) is 24.3 Å². The minimum absolute atomic E-state index is 0.692. The Bertz CT molecular complexity index is 365. The molecule has 1 fully saturated rings. The Morgan fingerprint density at radius 3 is 2.61 bits per heavy atom. The Hall–Kier alpha value is -0.770. The van der Waals surface area contributed by atoms with Crippen LogP contribution in [0.3, 0.4) is 0 Å². The van der Waals surface area contributed by atoms with E-state index < -0.39 is 0 Å². The molecule has 1 aliphatic rings. The molecule has 1 aromatic rings. The van der Waals surface area contributed by atoms with Gasteiger partial charge in [0, 0.05) is 32.7 Å². The van der Waals surface area contributed by atoms with E-state index in [1.165, 1.54) is 26.2 Å². The SMILES string of the molecule is CN1CCN(CCCOc2ccccc2Cl)CC1. The normalized spacial score (nSPS) is 17.9. The Morgan fingerprint density at radius 2 is 1.89 bits per heavy atom. The van der Waals surface area contributed by atoms with Gasteiger partial charge in [0.25, 0.3) is 0 Å². The van der Waals surface area contributed by atoms with E-state index in [9.17, 15) is 0 Å². The van der Waals surface area contributed by atoms with Gasteiger partial charge < -0.3 is 14.5 Å². The van der Waals surface area contributed by atoms with Gasteiger partial charge in [0.1, 0.15) is 5.75 Å². The van der Waals surface area contributed by atoms with Crippen molar-refractivity contribution in [2.24, 2.45) is 0 Å². The molecule has 0 saturated carbocycles. The number of likely N-dealkylation sites (N-methyl/N-ethyl adjacent to an activating group) is 1. The second kappa shape index (κ2) is 6.98. The predicted molar refractivity (Wildman–Crippen MR) is 75.5 cm³/mol. The van der Waals surface area contributed by atoms with Gasteiger partial charge in [0.05, 0.1) is 11.6 Å². The minimum Gasteiger partial charge on any atom is -0.492 e. The number of halogens is 1. The number of hydrogen-bond donors (Lipinski definition) is 0. The summed E-state index contributed by atoms with van der Waals surface area (Å²) in [5.74, 6) is 0.789. The first kappa shape index (κ1) is 13.7. The molecule has 0 amide bonds. The lowest BCUT2D eigenvalue weighted by Gasteiger charge is -2.32. The molecule has 0 spiro atoms. The van der Waals surface area contributed by atoms with Crippen molar-refractivity contribution in [1.29, 1.82) is 0 Å². The van der Waals surface area contributed by atoms with E-state index in [0.717, 1.165) is 25.3 Å². The molecule has 18 heavy (non-hydrogen) atoms.